The van der Waals surface area contributed by atoms with Crippen molar-refractivity contribution < 1.29 is 19.1 Å². The number of hydrogen-bond donors (Lipinski definition) is 1. The maximum Gasteiger partial charge on any atom is 0.314 e. The predicted octanol–water partition coefficient (Wildman–Crippen LogP) is 3.76. The molecule has 0 aliphatic rings. The van der Waals surface area contributed by atoms with Crippen LogP contribution in [0.1, 0.15) is 31.7 Å². The number of esters is 1. The van der Waals surface area contributed by atoms with Crippen molar-refractivity contribution in [3.8, 4) is 5.75 Å². The second kappa shape index (κ2) is 8.87. The van der Waals surface area contributed by atoms with Crippen molar-refractivity contribution in [1.82, 2.24) is 0 Å². The molecule has 0 spiro atoms. The van der Waals surface area contributed by atoms with Crippen molar-refractivity contribution >= 4 is 17.6 Å². The first-order valence-corrected chi connectivity index (χ1v) is 8.26. The Bertz CT molecular complexity index is 715. The first kappa shape index (κ1) is 18.5. The summed E-state index contributed by atoms with van der Waals surface area (Å²) < 4.78 is 10.6. The molecule has 2 aromatic carbocycles. The van der Waals surface area contributed by atoms with E-state index >= 15 is 0 Å². The zero-order valence-corrected chi connectivity index (χ0v) is 14.7. The molecule has 2 aromatic rings. The van der Waals surface area contributed by atoms with Crippen LogP contribution in [0.2, 0.25) is 0 Å². The van der Waals surface area contributed by atoms with Crippen LogP contribution in [0.4, 0.5) is 5.69 Å². The summed E-state index contributed by atoms with van der Waals surface area (Å²) in [5.74, 6) is -0.648. The van der Waals surface area contributed by atoms with Crippen molar-refractivity contribution in [1.29, 1.82) is 0 Å². The molecule has 5 heteroatoms. The van der Waals surface area contributed by atoms with E-state index in [1.165, 1.54) is 7.11 Å². The van der Waals surface area contributed by atoms with Crippen LogP contribution in [0.3, 0.4) is 0 Å². The Morgan fingerprint density at radius 1 is 1.04 bits per heavy atom. The monoisotopic (exact) mass is 341 g/mol. The number of rotatable bonds is 7. The zero-order valence-electron chi connectivity index (χ0n) is 14.7. The molecular formula is C20H23NO4. The normalized spacial score (nSPS) is 12.8. The number of anilines is 1. The first-order chi connectivity index (χ1) is 12.1. The zero-order chi connectivity index (χ0) is 18.2. The molecule has 5 nitrogen and oxygen atoms in total. The molecule has 1 N–H and O–H groups in total. The second-order valence-corrected chi connectivity index (χ2v) is 5.64. The molecule has 0 unspecified atom stereocenters. The van der Waals surface area contributed by atoms with Gasteiger partial charge in [-0.3, -0.25) is 9.59 Å². The fraction of sp³-hybridized carbons (Fsp3) is 0.300. The molecule has 0 bridgehead atoms. The van der Waals surface area contributed by atoms with E-state index in [4.69, 9.17) is 9.47 Å². The standard InChI is InChI=1S/C20H23NO4/c1-4-16(15-10-6-5-7-11-15)20(23)25-14(2)19(22)21-17-12-8-9-13-18(17)24-3/h5-14,16H,4H2,1-3H3,(H,21,22)/t14-,16+/m0/s1. The number of para-hydroxylation sites is 2. The second-order valence-electron chi connectivity index (χ2n) is 5.64. The van der Waals surface area contributed by atoms with Gasteiger partial charge in [0, 0.05) is 0 Å². The minimum Gasteiger partial charge on any atom is -0.495 e. The quantitative estimate of drug-likeness (QED) is 0.779. The lowest BCUT2D eigenvalue weighted by atomic mass is 9.97. The average molecular weight is 341 g/mol. The summed E-state index contributed by atoms with van der Waals surface area (Å²) in [4.78, 5) is 24.8. The molecule has 0 aliphatic carbocycles. The summed E-state index contributed by atoms with van der Waals surface area (Å²) in [6.45, 7) is 3.47. The van der Waals surface area contributed by atoms with Gasteiger partial charge >= 0.3 is 5.97 Å². The summed E-state index contributed by atoms with van der Waals surface area (Å²) in [6, 6.07) is 16.5. The van der Waals surface area contributed by atoms with E-state index in [-0.39, 0.29) is 5.92 Å². The van der Waals surface area contributed by atoms with Crippen molar-refractivity contribution in [2.24, 2.45) is 0 Å². The van der Waals surface area contributed by atoms with Crippen LogP contribution in [0.25, 0.3) is 0 Å². The fourth-order valence-electron chi connectivity index (χ4n) is 2.52. The summed E-state index contributed by atoms with van der Waals surface area (Å²) in [5, 5.41) is 2.72. The lowest BCUT2D eigenvalue weighted by molar-refractivity contribution is -0.154. The number of hydrogen-bond acceptors (Lipinski definition) is 4. The Morgan fingerprint density at radius 2 is 1.68 bits per heavy atom. The minimum atomic E-state index is -0.907. The molecule has 1 amide bonds. The van der Waals surface area contributed by atoms with Gasteiger partial charge in [0.25, 0.3) is 5.91 Å². The van der Waals surface area contributed by atoms with E-state index in [1.54, 1.807) is 25.1 Å². The third-order valence-electron chi connectivity index (χ3n) is 3.92. The van der Waals surface area contributed by atoms with Crippen LogP contribution in [0, 0.1) is 0 Å². The molecular weight excluding hydrogens is 318 g/mol. The van der Waals surface area contributed by atoms with Gasteiger partial charge in [-0.15, -0.1) is 0 Å². The Balaban J connectivity index is 2.01. The highest BCUT2D eigenvalue weighted by Crippen LogP contribution is 2.24. The molecule has 0 aliphatic heterocycles. The Kier molecular flexibility index (Phi) is 6.57. The maximum absolute atomic E-state index is 12.4. The third-order valence-corrected chi connectivity index (χ3v) is 3.92. The van der Waals surface area contributed by atoms with Gasteiger partial charge < -0.3 is 14.8 Å². The van der Waals surface area contributed by atoms with Crippen LogP contribution in [0.5, 0.6) is 5.75 Å². The van der Waals surface area contributed by atoms with E-state index in [9.17, 15) is 9.59 Å². The minimum absolute atomic E-state index is 0.386. The number of ether oxygens (including phenoxy) is 2. The lowest BCUT2D eigenvalue weighted by Gasteiger charge is -2.19. The molecule has 0 heterocycles. The summed E-state index contributed by atoms with van der Waals surface area (Å²) >= 11 is 0. The van der Waals surface area contributed by atoms with Gasteiger partial charge in [0.05, 0.1) is 18.7 Å². The topological polar surface area (TPSA) is 64.6 Å². The molecule has 0 fully saturated rings. The molecule has 25 heavy (non-hydrogen) atoms. The molecule has 132 valence electrons. The highest BCUT2D eigenvalue weighted by molar-refractivity contribution is 5.96. The SMILES string of the molecule is CC[C@@H](C(=O)O[C@@H](C)C(=O)Nc1ccccc1OC)c1ccccc1. The lowest BCUT2D eigenvalue weighted by Crippen LogP contribution is -2.31. The number of benzene rings is 2. The fourth-order valence-corrected chi connectivity index (χ4v) is 2.52. The van der Waals surface area contributed by atoms with Gasteiger partial charge in [-0.2, -0.15) is 0 Å². The van der Waals surface area contributed by atoms with Gasteiger partial charge in [-0.1, -0.05) is 49.4 Å². The molecule has 0 saturated heterocycles. The maximum atomic E-state index is 12.4. The van der Waals surface area contributed by atoms with Crippen LogP contribution in [0.15, 0.2) is 54.6 Å². The predicted molar refractivity (Wildman–Crippen MR) is 96.7 cm³/mol. The van der Waals surface area contributed by atoms with Gasteiger partial charge in [0.2, 0.25) is 0 Å². The van der Waals surface area contributed by atoms with Gasteiger partial charge in [-0.25, -0.2) is 0 Å². The van der Waals surface area contributed by atoms with E-state index < -0.39 is 18.0 Å². The van der Waals surface area contributed by atoms with Gasteiger partial charge in [0.1, 0.15) is 5.75 Å². The Hall–Kier alpha value is -2.82. The number of carbonyl (C=O) groups excluding carboxylic acids is 2. The van der Waals surface area contributed by atoms with Crippen molar-refractivity contribution in [3.63, 3.8) is 0 Å². The summed E-state index contributed by atoms with van der Waals surface area (Å²) in [5.41, 5.74) is 1.42. The van der Waals surface area contributed by atoms with Crippen molar-refractivity contribution in [2.75, 3.05) is 12.4 Å². The largest absolute Gasteiger partial charge is 0.495 e. The van der Waals surface area contributed by atoms with Gasteiger partial charge in [0.15, 0.2) is 6.10 Å². The molecule has 0 saturated carbocycles. The molecule has 2 atom stereocenters. The van der Waals surface area contributed by atoms with E-state index in [2.05, 4.69) is 5.32 Å². The summed E-state index contributed by atoms with van der Waals surface area (Å²) in [6.07, 6.45) is -0.306. The van der Waals surface area contributed by atoms with Crippen LogP contribution in [-0.2, 0) is 14.3 Å². The van der Waals surface area contributed by atoms with Crippen LogP contribution >= 0.6 is 0 Å². The van der Waals surface area contributed by atoms with E-state index in [0.29, 0.717) is 17.9 Å². The third kappa shape index (κ3) is 4.83. The number of carbonyl (C=O) groups is 2. The molecule has 0 aromatic heterocycles. The van der Waals surface area contributed by atoms with E-state index in [1.807, 2.05) is 43.3 Å². The molecule has 0 radical (unpaired) electrons. The Labute approximate surface area is 148 Å². The van der Waals surface area contributed by atoms with Crippen LogP contribution < -0.4 is 10.1 Å². The number of amides is 1. The van der Waals surface area contributed by atoms with Crippen LogP contribution in [-0.4, -0.2) is 25.1 Å². The van der Waals surface area contributed by atoms with Crippen molar-refractivity contribution in [2.45, 2.75) is 32.3 Å². The first-order valence-electron chi connectivity index (χ1n) is 8.26. The summed E-state index contributed by atoms with van der Waals surface area (Å²) in [7, 11) is 1.53. The van der Waals surface area contributed by atoms with Gasteiger partial charge in [-0.05, 0) is 31.0 Å². The van der Waals surface area contributed by atoms with Crippen molar-refractivity contribution in [3.05, 3.63) is 60.2 Å². The molecule has 2 rings (SSSR count). The van der Waals surface area contributed by atoms with E-state index in [0.717, 1.165) is 5.56 Å². The highest BCUT2D eigenvalue weighted by Gasteiger charge is 2.25. The number of nitrogens with one attached hydrogen (secondary N) is 1. The highest BCUT2D eigenvalue weighted by atomic mass is 16.5. The smallest absolute Gasteiger partial charge is 0.314 e. The number of methoxy groups -OCH3 is 1. The average Bonchev–Trinajstić information content (AvgIpc) is 2.63. The Morgan fingerprint density at radius 3 is 2.32 bits per heavy atom.